The molecule has 6 nitrogen and oxygen atoms in total. The number of hydrogen-bond acceptors (Lipinski definition) is 4. The first kappa shape index (κ1) is 13.0. The van der Waals surface area contributed by atoms with Gasteiger partial charge in [0.1, 0.15) is 6.04 Å². The SMILES string of the molecule is CC(N)C(=O)O.CS(=O)(=O)O. The molecule has 7 heteroatoms. The van der Waals surface area contributed by atoms with Crippen LogP contribution in [0, 0.1) is 0 Å². The average Bonchev–Trinajstić information content (AvgIpc) is 1.59. The first-order valence-corrected chi connectivity index (χ1v) is 4.40. The number of hydrogen-bond donors (Lipinski definition) is 3. The fourth-order valence-electron chi connectivity index (χ4n) is 0. The molecule has 0 saturated heterocycles. The van der Waals surface area contributed by atoms with Gasteiger partial charge < -0.3 is 10.8 Å². The summed E-state index contributed by atoms with van der Waals surface area (Å²) in [5.41, 5.74) is 4.84. The highest BCUT2D eigenvalue weighted by atomic mass is 32.2. The van der Waals surface area contributed by atoms with Crippen LogP contribution in [0.5, 0.6) is 0 Å². The molecule has 0 aliphatic heterocycles. The molecule has 4 N–H and O–H groups in total. The van der Waals surface area contributed by atoms with Crippen LogP contribution in [0.4, 0.5) is 0 Å². The van der Waals surface area contributed by atoms with Gasteiger partial charge in [-0.25, -0.2) is 0 Å². The van der Waals surface area contributed by atoms with E-state index in [0.717, 1.165) is 0 Å². The van der Waals surface area contributed by atoms with Crippen molar-refractivity contribution in [2.75, 3.05) is 6.26 Å². The van der Waals surface area contributed by atoms with E-state index in [9.17, 15) is 13.2 Å². The highest BCUT2D eigenvalue weighted by Gasteiger charge is 1.99. The Kier molecular flexibility index (Phi) is 5.96. The van der Waals surface area contributed by atoms with E-state index < -0.39 is 22.1 Å². The van der Waals surface area contributed by atoms with E-state index in [-0.39, 0.29) is 0 Å². The van der Waals surface area contributed by atoms with Crippen LogP contribution >= 0.6 is 0 Å². The molecule has 0 amide bonds. The Morgan fingerprint density at radius 2 is 1.64 bits per heavy atom. The molecule has 0 aliphatic carbocycles. The summed E-state index contributed by atoms with van der Waals surface area (Å²) in [4.78, 5) is 9.57. The van der Waals surface area contributed by atoms with Crippen LogP contribution in [-0.4, -0.2) is 36.3 Å². The second-order valence-corrected chi connectivity index (χ2v) is 3.33. The lowest BCUT2D eigenvalue weighted by atomic mass is 10.4. The number of carbonyl (C=O) groups is 1. The summed E-state index contributed by atoms with van der Waals surface area (Å²) in [7, 11) is -3.67. The minimum Gasteiger partial charge on any atom is -0.480 e. The third kappa shape index (κ3) is 45.1. The van der Waals surface area contributed by atoms with E-state index in [4.69, 9.17) is 15.4 Å². The zero-order chi connectivity index (χ0) is 9.65. The van der Waals surface area contributed by atoms with Crippen LogP contribution in [0.2, 0.25) is 0 Å². The van der Waals surface area contributed by atoms with Gasteiger partial charge in [0.2, 0.25) is 0 Å². The van der Waals surface area contributed by atoms with Gasteiger partial charge in [-0.05, 0) is 6.92 Å². The minimum absolute atomic E-state index is 0.715. The summed E-state index contributed by atoms with van der Waals surface area (Å²) >= 11 is 0. The molecule has 0 aromatic rings. The maximum absolute atomic E-state index is 9.57. The van der Waals surface area contributed by atoms with E-state index in [2.05, 4.69) is 0 Å². The molecule has 0 rings (SSSR count). The Morgan fingerprint density at radius 3 is 1.64 bits per heavy atom. The number of rotatable bonds is 1. The van der Waals surface area contributed by atoms with Crippen LogP contribution in [-0.2, 0) is 14.9 Å². The molecular weight excluding hydrogens is 174 g/mol. The highest BCUT2D eigenvalue weighted by Crippen LogP contribution is 1.68. The molecule has 0 bridgehead atoms. The maximum Gasteiger partial charge on any atom is 0.320 e. The number of carboxylic acid groups (broad SMARTS) is 1. The van der Waals surface area contributed by atoms with Gasteiger partial charge in [-0.3, -0.25) is 9.35 Å². The van der Waals surface area contributed by atoms with Crippen molar-refractivity contribution in [3.63, 3.8) is 0 Å². The number of aliphatic carboxylic acids is 1. The second-order valence-electron chi connectivity index (χ2n) is 1.86. The smallest absolute Gasteiger partial charge is 0.320 e. The quantitative estimate of drug-likeness (QED) is 0.447. The van der Waals surface area contributed by atoms with Crippen LogP contribution in [0.3, 0.4) is 0 Å². The number of carboxylic acids is 1. The fraction of sp³-hybridized carbons (Fsp3) is 0.750. The molecule has 68 valence electrons. The summed E-state index contributed by atoms with van der Waals surface area (Å²) < 4.78 is 25.9. The van der Waals surface area contributed by atoms with Crippen molar-refractivity contribution in [1.29, 1.82) is 0 Å². The van der Waals surface area contributed by atoms with Crippen molar-refractivity contribution < 1.29 is 22.9 Å². The first-order valence-electron chi connectivity index (χ1n) is 2.55. The van der Waals surface area contributed by atoms with Crippen molar-refractivity contribution >= 4 is 16.1 Å². The van der Waals surface area contributed by atoms with Crippen LogP contribution in [0.1, 0.15) is 6.92 Å². The molecule has 0 saturated carbocycles. The van der Waals surface area contributed by atoms with E-state index in [0.29, 0.717) is 6.26 Å². The van der Waals surface area contributed by atoms with Gasteiger partial charge in [0.15, 0.2) is 0 Å². The highest BCUT2D eigenvalue weighted by molar-refractivity contribution is 7.85. The van der Waals surface area contributed by atoms with Gasteiger partial charge in [-0.1, -0.05) is 0 Å². The van der Waals surface area contributed by atoms with Gasteiger partial charge in [-0.15, -0.1) is 0 Å². The Labute approximate surface area is 64.8 Å². The van der Waals surface area contributed by atoms with Crippen molar-refractivity contribution in [1.82, 2.24) is 0 Å². The Morgan fingerprint density at radius 1 is 1.55 bits per heavy atom. The van der Waals surface area contributed by atoms with Crippen LogP contribution < -0.4 is 5.73 Å². The number of nitrogens with two attached hydrogens (primary N) is 1. The normalized spacial score (nSPS) is 12.7. The zero-order valence-electron chi connectivity index (χ0n) is 6.18. The largest absolute Gasteiger partial charge is 0.480 e. The molecule has 0 heterocycles. The summed E-state index contributed by atoms with van der Waals surface area (Å²) in [6, 6.07) is -0.731. The molecule has 0 aromatic heterocycles. The monoisotopic (exact) mass is 185 g/mol. The summed E-state index contributed by atoms with van der Waals surface area (Å²) in [5.74, 6) is -0.963. The maximum atomic E-state index is 9.57. The van der Waals surface area contributed by atoms with Crippen LogP contribution in [0.25, 0.3) is 0 Å². The molecular formula is C4H11NO5S. The zero-order valence-corrected chi connectivity index (χ0v) is 7.00. The van der Waals surface area contributed by atoms with Crippen molar-refractivity contribution in [2.45, 2.75) is 13.0 Å². The van der Waals surface area contributed by atoms with Gasteiger partial charge in [-0.2, -0.15) is 8.42 Å². The molecule has 0 spiro atoms. The van der Waals surface area contributed by atoms with Crippen molar-refractivity contribution in [3.05, 3.63) is 0 Å². The first-order chi connectivity index (χ1) is 4.64. The minimum atomic E-state index is -3.67. The molecule has 0 aromatic carbocycles. The van der Waals surface area contributed by atoms with Gasteiger partial charge in [0.05, 0.1) is 6.26 Å². The van der Waals surface area contributed by atoms with E-state index in [1.165, 1.54) is 6.92 Å². The Bertz CT molecular complexity index is 199. The molecule has 0 radical (unpaired) electrons. The third-order valence-electron chi connectivity index (χ3n) is 0.390. The lowest BCUT2D eigenvalue weighted by Gasteiger charge is -1.90. The molecule has 0 aliphatic rings. The average molecular weight is 185 g/mol. The van der Waals surface area contributed by atoms with Gasteiger partial charge >= 0.3 is 5.97 Å². The lowest BCUT2D eigenvalue weighted by Crippen LogP contribution is -2.25. The predicted octanol–water partition coefficient (Wildman–Crippen LogP) is -1.08. The predicted molar refractivity (Wildman–Crippen MR) is 38.8 cm³/mol. The van der Waals surface area contributed by atoms with E-state index >= 15 is 0 Å². The lowest BCUT2D eigenvalue weighted by molar-refractivity contribution is -0.138. The Balaban J connectivity index is 0. The van der Waals surface area contributed by atoms with Gasteiger partial charge in [0, 0.05) is 0 Å². The van der Waals surface area contributed by atoms with E-state index in [1.54, 1.807) is 0 Å². The molecule has 1 atom stereocenters. The second kappa shape index (κ2) is 5.05. The molecule has 0 fully saturated rings. The van der Waals surface area contributed by atoms with E-state index in [1.807, 2.05) is 0 Å². The summed E-state index contributed by atoms with van der Waals surface area (Å²) in [6.45, 7) is 1.42. The third-order valence-corrected chi connectivity index (χ3v) is 0.390. The van der Waals surface area contributed by atoms with Crippen molar-refractivity contribution in [3.8, 4) is 0 Å². The topological polar surface area (TPSA) is 118 Å². The Hall–Kier alpha value is -0.660. The molecule has 11 heavy (non-hydrogen) atoms. The van der Waals surface area contributed by atoms with Crippen molar-refractivity contribution in [2.24, 2.45) is 5.73 Å². The van der Waals surface area contributed by atoms with Gasteiger partial charge in [0.25, 0.3) is 10.1 Å². The van der Waals surface area contributed by atoms with Crippen LogP contribution in [0.15, 0.2) is 0 Å². The summed E-state index contributed by atoms with van der Waals surface area (Å²) in [6.07, 6.45) is 0.715. The fourth-order valence-corrected chi connectivity index (χ4v) is 0. The standard InChI is InChI=1S/C3H7NO2.CH4O3S/c1-2(4)3(5)6;1-5(2,3)4/h2H,4H2,1H3,(H,5,6);1H3,(H,2,3,4). The molecule has 1 unspecified atom stereocenters. The summed E-state index contributed by atoms with van der Waals surface area (Å²) in [5, 5.41) is 7.87.